The van der Waals surface area contributed by atoms with Gasteiger partial charge in [-0.25, -0.2) is 0 Å². The Morgan fingerprint density at radius 3 is 2.64 bits per heavy atom. The fraction of sp³-hybridized carbons (Fsp3) is 0.444. The molecule has 0 aliphatic carbocycles. The summed E-state index contributed by atoms with van der Waals surface area (Å²) >= 11 is 0. The minimum atomic E-state index is 0.0330. The summed E-state index contributed by atoms with van der Waals surface area (Å²) in [6, 6.07) is 10.5. The zero-order valence-corrected chi connectivity index (χ0v) is 13.5. The molecule has 4 heteroatoms. The molecule has 0 radical (unpaired) electrons. The van der Waals surface area contributed by atoms with E-state index in [1.807, 2.05) is 35.8 Å². The van der Waals surface area contributed by atoms with E-state index in [0.29, 0.717) is 13.0 Å². The van der Waals surface area contributed by atoms with Crippen molar-refractivity contribution in [2.45, 2.75) is 38.6 Å². The quantitative estimate of drug-likeness (QED) is 0.873. The van der Waals surface area contributed by atoms with Crippen molar-refractivity contribution >= 4 is 5.91 Å². The van der Waals surface area contributed by atoms with E-state index in [9.17, 15) is 4.79 Å². The van der Waals surface area contributed by atoms with Gasteiger partial charge in [0.1, 0.15) is 0 Å². The molecule has 1 saturated heterocycles. The number of amides is 1. The molecule has 1 aromatic heterocycles. The molecular weight excluding hydrogens is 274 g/mol. The lowest BCUT2D eigenvalue weighted by Gasteiger charge is -2.40. The molecule has 3 rings (SSSR count). The van der Waals surface area contributed by atoms with Gasteiger partial charge >= 0.3 is 0 Å². The number of carbonyl (C=O) groups excluding carboxylic acids is 1. The Morgan fingerprint density at radius 1 is 1.27 bits per heavy atom. The molecule has 1 amide bonds. The molecule has 1 fully saturated rings. The molecular formula is C18H23N3O. The maximum absolute atomic E-state index is 12.3. The van der Waals surface area contributed by atoms with Gasteiger partial charge in [0, 0.05) is 43.2 Å². The van der Waals surface area contributed by atoms with E-state index in [1.54, 1.807) is 0 Å². The van der Waals surface area contributed by atoms with Gasteiger partial charge in [-0.05, 0) is 18.9 Å². The molecule has 1 aromatic carbocycles. The predicted octanol–water partition coefficient (Wildman–Crippen LogP) is 2.81. The Balaban J connectivity index is 1.82. The van der Waals surface area contributed by atoms with Crippen LogP contribution in [-0.2, 0) is 23.8 Å². The molecule has 0 spiro atoms. The highest BCUT2D eigenvalue weighted by atomic mass is 16.2. The van der Waals surface area contributed by atoms with E-state index in [0.717, 1.165) is 24.2 Å². The monoisotopic (exact) mass is 297 g/mol. The second kappa shape index (κ2) is 5.59. The molecule has 116 valence electrons. The van der Waals surface area contributed by atoms with Gasteiger partial charge in [0.05, 0.1) is 6.20 Å². The first kappa shape index (κ1) is 14.8. The van der Waals surface area contributed by atoms with Crippen molar-refractivity contribution in [1.82, 2.24) is 14.7 Å². The van der Waals surface area contributed by atoms with E-state index in [2.05, 4.69) is 36.3 Å². The summed E-state index contributed by atoms with van der Waals surface area (Å²) in [6.45, 7) is 5.73. The van der Waals surface area contributed by atoms with Gasteiger partial charge in [-0.1, -0.05) is 37.3 Å². The first-order valence-corrected chi connectivity index (χ1v) is 7.80. The van der Waals surface area contributed by atoms with E-state index >= 15 is 0 Å². The maximum atomic E-state index is 12.3. The molecule has 22 heavy (non-hydrogen) atoms. The summed E-state index contributed by atoms with van der Waals surface area (Å²) in [4.78, 5) is 14.3. The first-order valence-electron chi connectivity index (χ1n) is 7.80. The smallest absolute Gasteiger partial charge is 0.222 e. The molecule has 0 bridgehead atoms. The standard InChI is InChI=1S/C18H23N3O/c1-14-15(11-19-20(14)3)12-21-13-18(2,10-9-17(21)22)16-7-5-4-6-8-16/h4-8,11H,9-10,12-13H2,1-3H3/t18-/m1/s1. The lowest BCUT2D eigenvalue weighted by atomic mass is 9.75. The van der Waals surface area contributed by atoms with Gasteiger partial charge in [-0.2, -0.15) is 5.10 Å². The number of rotatable bonds is 3. The highest BCUT2D eigenvalue weighted by Crippen LogP contribution is 2.34. The van der Waals surface area contributed by atoms with Crippen LogP contribution in [-0.4, -0.2) is 27.1 Å². The number of piperidine rings is 1. The number of hydrogen-bond donors (Lipinski definition) is 0. The van der Waals surface area contributed by atoms with Crippen molar-refractivity contribution in [3.05, 3.63) is 53.3 Å². The van der Waals surface area contributed by atoms with Crippen LogP contribution < -0.4 is 0 Å². The van der Waals surface area contributed by atoms with Crippen molar-refractivity contribution in [1.29, 1.82) is 0 Å². The number of aromatic nitrogens is 2. The minimum Gasteiger partial charge on any atom is -0.337 e. The molecule has 0 saturated carbocycles. The normalized spacial score (nSPS) is 22.1. The van der Waals surface area contributed by atoms with Crippen LogP contribution in [0.4, 0.5) is 0 Å². The Kier molecular flexibility index (Phi) is 3.77. The van der Waals surface area contributed by atoms with Crippen LogP contribution in [0.25, 0.3) is 0 Å². The molecule has 2 heterocycles. The number of carbonyl (C=O) groups is 1. The van der Waals surface area contributed by atoms with E-state index in [1.165, 1.54) is 5.56 Å². The molecule has 2 aromatic rings. The lowest BCUT2D eigenvalue weighted by Crippen LogP contribution is -2.47. The fourth-order valence-electron chi connectivity index (χ4n) is 3.25. The number of hydrogen-bond acceptors (Lipinski definition) is 2. The third kappa shape index (κ3) is 2.65. The van der Waals surface area contributed by atoms with Crippen LogP contribution in [0, 0.1) is 6.92 Å². The Labute approximate surface area is 131 Å². The van der Waals surface area contributed by atoms with Gasteiger partial charge in [-0.3, -0.25) is 9.48 Å². The molecule has 1 atom stereocenters. The van der Waals surface area contributed by atoms with E-state index < -0.39 is 0 Å². The third-order valence-corrected chi connectivity index (χ3v) is 4.95. The minimum absolute atomic E-state index is 0.0330. The number of likely N-dealkylation sites (tertiary alicyclic amines) is 1. The third-order valence-electron chi connectivity index (χ3n) is 4.95. The fourth-order valence-corrected chi connectivity index (χ4v) is 3.25. The number of nitrogens with zero attached hydrogens (tertiary/aromatic N) is 3. The van der Waals surface area contributed by atoms with Crippen LogP contribution in [0.3, 0.4) is 0 Å². The average Bonchev–Trinajstić information content (AvgIpc) is 2.84. The summed E-state index contributed by atoms with van der Waals surface area (Å²) in [6.07, 6.45) is 3.40. The largest absolute Gasteiger partial charge is 0.337 e. The second-order valence-electron chi connectivity index (χ2n) is 6.56. The Bertz CT molecular complexity index is 677. The second-order valence-corrected chi connectivity index (χ2v) is 6.56. The van der Waals surface area contributed by atoms with E-state index in [4.69, 9.17) is 0 Å². The van der Waals surface area contributed by atoms with Crippen LogP contribution >= 0.6 is 0 Å². The number of benzene rings is 1. The predicted molar refractivity (Wildman–Crippen MR) is 86.4 cm³/mol. The van der Waals surface area contributed by atoms with Gasteiger partial charge in [-0.15, -0.1) is 0 Å². The van der Waals surface area contributed by atoms with Crippen molar-refractivity contribution < 1.29 is 4.79 Å². The first-order chi connectivity index (χ1) is 10.5. The average molecular weight is 297 g/mol. The van der Waals surface area contributed by atoms with Gasteiger partial charge in [0.2, 0.25) is 5.91 Å². The van der Waals surface area contributed by atoms with E-state index in [-0.39, 0.29) is 11.3 Å². The van der Waals surface area contributed by atoms with Crippen LogP contribution in [0.1, 0.15) is 36.6 Å². The summed E-state index contributed by atoms with van der Waals surface area (Å²) in [5.41, 5.74) is 3.61. The molecule has 1 aliphatic heterocycles. The molecule has 0 N–H and O–H groups in total. The van der Waals surface area contributed by atoms with Crippen molar-refractivity contribution in [2.75, 3.05) is 6.54 Å². The van der Waals surface area contributed by atoms with Gasteiger partial charge in [0.15, 0.2) is 0 Å². The zero-order valence-electron chi connectivity index (χ0n) is 13.5. The van der Waals surface area contributed by atoms with Crippen LogP contribution in [0.5, 0.6) is 0 Å². The SMILES string of the molecule is Cc1c(CN2C[C@](C)(c3ccccc3)CCC2=O)cnn1C. The molecule has 0 unspecified atom stereocenters. The summed E-state index contributed by atoms with van der Waals surface area (Å²) in [7, 11) is 1.94. The Morgan fingerprint density at radius 2 is 2.00 bits per heavy atom. The van der Waals surface area contributed by atoms with Gasteiger partial charge in [0.25, 0.3) is 0 Å². The van der Waals surface area contributed by atoms with Crippen LogP contribution in [0.2, 0.25) is 0 Å². The van der Waals surface area contributed by atoms with Crippen LogP contribution in [0.15, 0.2) is 36.5 Å². The topological polar surface area (TPSA) is 38.1 Å². The summed E-state index contributed by atoms with van der Waals surface area (Å²) < 4.78 is 1.86. The lowest BCUT2D eigenvalue weighted by molar-refractivity contribution is -0.136. The zero-order chi connectivity index (χ0) is 15.7. The van der Waals surface area contributed by atoms with Gasteiger partial charge < -0.3 is 4.90 Å². The Hall–Kier alpha value is -2.10. The molecule has 1 aliphatic rings. The van der Waals surface area contributed by atoms with Crippen molar-refractivity contribution in [3.63, 3.8) is 0 Å². The van der Waals surface area contributed by atoms with Crippen molar-refractivity contribution in [3.8, 4) is 0 Å². The highest BCUT2D eigenvalue weighted by Gasteiger charge is 2.36. The van der Waals surface area contributed by atoms with Crippen molar-refractivity contribution in [2.24, 2.45) is 7.05 Å². The maximum Gasteiger partial charge on any atom is 0.222 e. The highest BCUT2D eigenvalue weighted by molar-refractivity contribution is 5.77. The summed E-state index contributed by atoms with van der Waals surface area (Å²) in [5, 5.41) is 4.28. The number of aryl methyl sites for hydroxylation is 1. The molecule has 4 nitrogen and oxygen atoms in total. The summed E-state index contributed by atoms with van der Waals surface area (Å²) in [5.74, 6) is 0.247.